The van der Waals surface area contributed by atoms with Crippen LogP contribution in [0.3, 0.4) is 0 Å². The maximum absolute atomic E-state index is 11.3. The molecule has 1 saturated heterocycles. The first-order valence-electron chi connectivity index (χ1n) is 5.49. The third kappa shape index (κ3) is 2.31. The molecule has 0 bridgehead atoms. The normalized spacial score (nSPS) is 17.4. The summed E-state index contributed by atoms with van der Waals surface area (Å²) in [5, 5.41) is 0.633. The Kier molecular flexibility index (Phi) is 3.40. The molecular weight excluding hydrogens is 240 g/mol. The molecule has 2 rings (SSSR count). The van der Waals surface area contributed by atoms with Crippen LogP contribution in [-0.2, 0) is 14.9 Å². The van der Waals surface area contributed by atoms with Gasteiger partial charge in [-0.3, -0.25) is 4.79 Å². The minimum absolute atomic E-state index is 0.153. The van der Waals surface area contributed by atoms with Crippen molar-refractivity contribution < 1.29 is 14.3 Å². The van der Waals surface area contributed by atoms with Gasteiger partial charge < -0.3 is 9.47 Å². The van der Waals surface area contributed by atoms with Gasteiger partial charge >= 0.3 is 0 Å². The molecule has 0 unspecified atom stereocenters. The van der Waals surface area contributed by atoms with Crippen LogP contribution in [0.2, 0.25) is 5.02 Å². The molecule has 0 aliphatic carbocycles. The third-order valence-corrected chi connectivity index (χ3v) is 3.40. The number of carbonyl (C=O) groups excluding carboxylic acids is 1. The van der Waals surface area contributed by atoms with Crippen molar-refractivity contribution in [3.8, 4) is 5.75 Å². The molecule has 0 saturated carbocycles. The number of hydrogen-bond donors (Lipinski definition) is 0. The van der Waals surface area contributed by atoms with Gasteiger partial charge in [-0.1, -0.05) is 17.7 Å². The van der Waals surface area contributed by atoms with E-state index in [0.29, 0.717) is 24.7 Å². The second-order valence-corrected chi connectivity index (χ2v) is 4.90. The zero-order chi connectivity index (χ0) is 12.5. The number of Topliss-reactive ketones (excluding diaryl/α,β-unsaturated/α-hetero) is 1. The van der Waals surface area contributed by atoms with Gasteiger partial charge in [0.05, 0.1) is 25.7 Å². The van der Waals surface area contributed by atoms with E-state index in [9.17, 15) is 4.79 Å². The molecule has 0 N–H and O–H groups in total. The van der Waals surface area contributed by atoms with Crippen LogP contribution in [0.1, 0.15) is 18.9 Å². The van der Waals surface area contributed by atoms with Crippen LogP contribution >= 0.6 is 11.6 Å². The van der Waals surface area contributed by atoms with Crippen LogP contribution < -0.4 is 4.74 Å². The van der Waals surface area contributed by atoms with Crippen molar-refractivity contribution in [2.75, 3.05) is 20.3 Å². The molecule has 17 heavy (non-hydrogen) atoms. The van der Waals surface area contributed by atoms with Gasteiger partial charge in [0, 0.05) is 11.4 Å². The highest BCUT2D eigenvalue weighted by Gasteiger charge is 2.42. The number of methoxy groups -OCH3 is 1. The van der Waals surface area contributed by atoms with E-state index in [4.69, 9.17) is 21.1 Å². The summed E-state index contributed by atoms with van der Waals surface area (Å²) in [6, 6.07) is 5.56. The predicted octanol–water partition coefficient (Wildman–Crippen LogP) is 2.60. The zero-order valence-corrected chi connectivity index (χ0v) is 10.7. The monoisotopic (exact) mass is 254 g/mol. The molecule has 1 aliphatic rings. The summed E-state index contributed by atoms with van der Waals surface area (Å²) in [6.45, 7) is 2.70. The summed E-state index contributed by atoms with van der Waals surface area (Å²) in [7, 11) is 1.60. The van der Waals surface area contributed by atoms with Crippen LogP contribution in [0.15, 0.2) is 18.2 Å². The Morgan fingerprint density at radius 2 is 2.24 bits per heavy atom. The van der Waals surface area contributed by atoms with Gasteiger partial charge in [0.25, 0.3) is 0 Å². The lowest BCUT2D eigenvalue weighted by Crippen LogP contribution is -2.48. The molecule has 1 aromatic rings. The van der Waals surface area contributed by atoms with Crippen LogP contribution in [0.5, 0.6) is 5.75 Å². The van der Waals surface area contributed by atoms with Crippen LogP contribution in [0.4, 0.5) is 0 Å². The van der Waals surface area contributed by atoms with Gasteiger partial charge in [-0.05, 0) is 24.6 Å². The van der Waals surface area contributed by atoms with E-state index >= 15 is 0 Å². The number of ether oxygens (including phenoxy) is 2. The summed E-state index contributed by atoms with van der Waals surface area (Å²) in [5.41, 5.74) is 0.733. The lowest BCUT2D eigenvalue weighted by Gasteiger charge is -2.41. The van der Waals surface area contributed by atoms with E-state index in [0.717, 1.165) is 11.3 Å². The van der Waals surface area contributed by atoms with E-state index in [1.165, 1.54) is 0 Å². The van der Waals surface area contributed by atoms with E-state index in [1.807, 2.05) is 12.1 Å². The second-order valence-electron chi connectivity index (χ2n) is 4.50. The highest BCUT2D eigenvalue weighted by Crippen LogP contribution is 2.40. The van der Waals surface area contributed by atoms with Crippen molar-refractivity contribution in [3.05, 3.63) is 28.8 Å². The standard InChI is InChI=1S/C13H15ClO3/c1-9(15)6-13(7-17-8-13)11-4-3-10(16-2)5-12(11)14/h3-5H,6-8H2,1-2H3. The third-order valence-electron chi connectivity index (χ3n) is 3.09. The van der Waals surface area contributed by atoms with Gasteiger partial charge in [-0.2, -0.15) is 0 Å². The fourth-order valence-electron chi connectivity index (χ4n) is 2.23. The van der Waals surface area contributed by atoms with Crippen molar-refractivity contribution in [1.29, 1.82) is 0 Å². The summed E-state index contributed by atoms with van der Waals surface area (Å²) in [4.78, 5) is 11.3. The van der Waals surface area contributed by atoms with Crippen molar-refractivity contribution in [2.24, 2.45) is 0 Å². The molecule has 0 radical (unpaired) electrons. The second kappa shape index (κ2) is 4.67. The predicted molar refractivity (Wildman–Crippen MR) is 65.8 cm³/mol. The number of hydrogen-bond acceptors (Lipinski definition) is 3. The number of halogens is 1. The highest BCUT2D eigenvalue weighted by molar-refractivity contribution is 6.31. The largest absolute Gasteiger partial charge is 0.497 e. The molecule has 0 aromatic heterocycles. The van der Waals surface area contributed by atoms with Gasteiger partial charge in [0.2, 0.25) is 0 Å². The van der Waals surface area contributed by atoms with Gasteiger partial charge in [0.1, 0.15) is 11.5 Å². The lowest BCUT2D eigenvalue weighted by molar-refractivity contribution is -0.125. The Labute approximate surface area is 106 Å². The highest BCUT2D eigenvalue weighted by atomic mass is 35.5. The molecule has 1 aromatic carbocycles. The Morgan fingerprint density at radius 3 is 2.65 bits per heavy atom. The van der Waals surface area contributed by atoms with Crippen molar-refractivity contribution >= 4 is 17.4 Å². The molecular formula is C13H15ClO3. The van der Waals surface area contributed by atoms with E-state index in [-0.39, 0.29) is 11.2 Å². The quantitative estimate of drug-likeness (QED) is 0.829. The molecule has 1 aliphatic heterocycles. The fraction of sp³-hybridized carbons (Fsp3) is 0.462. The van der Waals surface area contributed by atoms with Gasteiger partial charge in [-0.15, -0.1) is 0 Å². The smallest absolute Gasteiger partial charge is 0.130 e. The van der Waals surface area contributed by atoms with Crippen LogP contribution in [0.25, 0.3) is 0 Å². The van der Waals surface area contributed by atoms with Crippen LogP contribution in [-0.4, -0.2) is 26.1 Å². The first kappa shape index (κ1) is 12.4. The molecule has 1 heterocycles. The molecule has 3 nitrogen and oxygen atoms in total. The minimum atomic E-state index is -0.241. The maximum atomic E-state index is 11.3. The maximum Gasteiger partial charge on any atom is 0.130 e. The Morgan fingerprint density at radius 1 is 1.53 bits per heavy atom. The van der Waals surface area contributed by atoms with Gasteiger partial charge in [0.15, 0.2) is 0 Å². The molecule has 92 valence electrons. The van der Waals surface area contributed by atoms with E-state index in [2.05, 4.69) is 0 Å². The number of carbonyl (C=O) groups is 1. The molecule has 4 heteroatoms. The summed E-state index contributed by atoms with van der Waals surface area (Å²) >= 11 is 6.24. The zero-order valence-electron chi connectivity index (χ0n) is 9.96. The Hall–Kier alpha value is -1.06. The number of benzene rings is 1. The Bertz CT molecular complexity index is 438. The first-order chi connectivity index (χ1) is 8.07. The molecule has 0 spiro atoms. The topological polar surface area (TPSA) is 35.5 Å². The van der Waals surface area contributed by atoms with E-state index in [1.54, 1.807) is 20.1 Å². The van der Waals surface area contributed by atoms with Crippen LogP contribution in [0, 0.1) is 0 Å². The van der Waals surface area contributed by atoms with Crippen molar-refractivity contribution in [2.45, 2.75) is 18.8 Å². The Balaban J connectivity index is 2.34. The minimum Gasteiger partial charge on any atom is -0.497 e. The SMILES string of the molecule is COc1ccc(C2(CC(C)=O)COC2)c(Cl)c1. The van der Waals surface area contributed by atoms with Crippen molar-refractivity contribution in [3.63, 3.8) is 0 Å². The molecule has 0 atom stereocenters. The fourth-order valence-corrected chi connectivity index (χ4v) is 2.60. The first-order valence-corrected chi connectivity index (χ1v) is 5.86. The lowest BCUT2D eigenvalue weighted by atomic mass is 9.75. The average molecular weight is 255 g/mol. The van der Waals surface area contributed by atoms with Gasteiger partial charge in [-0.25, -0.2) is 0 Å². The summed E-state index contributed by atoms with van der Waals surface area (Å²) in [5.74, 6) is 0.872. The summed E-state index contributed by atoms with van der Waals surface area (Å²) < 4.78 is 10.4. The number of rotatable bonds is 4. The molecule has 1 fully saturated rings. The van der Waals surface area contributed by atoms with E-state index < -0.39 is 0 Å². The number of ketones is 1. The average Bonchev–Trinajstić information content (AvgIpc) is 2.23. The van der Waals surface area contributed by atoms with Crippen molar-refractivity contribution in [1.82, 2.24) is 0 Å². The summed E-state index contributed by atoms with van der Waals surface area (Å²) in [6.07, 6.45) is 0.471. The molecule has 0 amide bonds.